The summed E-state index contributed by atoms with van der Waals surface area (Å²) >= 11 is 0. The van der Waals surface area contributed by atoms with E-state index < -0.39 is 0 Å². The molecule has 0 aliphatic heterocycles. The molecule has 1 N–H and O–H groups in total. The molecule has 1 aliphatic rings. The molecule has 2 atom stereocenters. The van der Waals surface area contributed by atoms with Crippen LogP contribution in [0.2, 0.25) is 0 Å². The van der Waals surface area contributed by atoms with Gasteiger partial charge in [0.1, 0.15) is 0 Å². The summed E-state index contributed by atoms with van der Waals surface area (Å²) < 4.78 is 0. The second kappa shape index (κ2) is 1.90. The van der Waals surface area contributed by atoms with Gasteiger partial charge >= 0.3 is 0 Å². The van der Waals surface area contributed by atoms with Crippen LogP contribution in [0.25, 0.3) is 0 Å². The summed E-state index contributed by atoms with van der Waals surface area (Å²) in [5, 5.41) is 8.92. The van der Waals surface area contributed by atoms with Gasteiger partial charge in [-0.15, -0.1) is 0 Å². The van der Waals surface area contributed by atoms with Crippen molar-refractivity contribution in [1.29, 1.82) is 0 Å². The van der Waals surface area contributed by atoms with E-state index in [1.807, 2.05) is 0 Å². The Kier molecular flexibility index (Phi) is 1.39. The maximum Gasteiger partial charge on any atom is 0.0755 e. The Balaban J connectivity index is 2.36. The molecule has 0 heterocycles. The van der Waals surface area contributed by atoms with Crippen LogP contribution < -0.4 is 0 Å². The van der Waals surface area contributed by atoms with E-state index in [4.69, 9.17) is 5.11 Å². The lowest BCUT2D eigenvalue weighted by Gasteiger charge is -2.33. The maximum absolute atomic E-state index is 8.92. The summed E-state index contributed by atoms with van der Waals surface area (Å²) in [5.74, 6) is 0.616. The highest BCUT2D eigenvalue weighted by Gasteiger charge is 2.29. The summed E-state index contributed by atoms with van der Waals surface area (Å²) in [4.78, 5) is 0. The molecule has 0 aromatic heterocycles. The molecule has 0 bridgehead atoms. The number of hydrogen-bond acceptors (Lipinski definition) is 1. The van der Waals surface area contributed by atoms with Crippen LogP contribution in [0.1, 0.15) is 19.8 Å². The standard InChI is InChI=1S/C7H12O/c1-3-6-4-7(8)5(6)2/h6-8H,2-4H2,1H3/t6-,7-/m1/s1. The van der Waals surface area contributed by atoms with Crippen molar-refractivity contribution < 1.29 is 5.11 Å². The van der Waals surface area contributed by atoms with Gasteiger partial charge in [-0.2, -0.15) is 0 Å². The minimum Gasteiger partial charge on any atom is -0.389 e. The van der Waals surface area contributed by atoms with Crippen molar-refractivity contribution in [2.24, 2.45) is 5.92 Å². The molecule has 0 aromatic carbocycles. The van der Waals surface area contributed by atoms with Crippen LogP contribution in [0.5, 0.6) is 0 Å². The quantitative estimate of drug-likeness (QED) is 0.507. The second-order valence-corrected chi connectivity index (χ2v) is 2.43. The molecule has 1 saturated carbocycles. The smallest absolute Gasteiger partial charge is 0.0755 e. The van der Waals surface area contributed by atoms with Crippen molar-refractivity contribution in [2.45, 2.75) is 25.9 Å². The first-order chi connectivity index (χ1) is 3.75. The van der Waals surface area contributed by atoms with E-state index in [2.05, 4.69) is 13.5 Å². The zero-order valence-electron chi connectivity index (χ0n) is 5.22. The van der Waals surface area contributed by atoms with E-state index in [0.29, 0.717) is 5.92 Å². The predicted molar refractivity (Wildman–Crippen MR) is 33.5 cm³/mol. The molecule has 0 radical (unpaired) electrons. The van der Waals surface area contributed by atoms with Crippen LogP contribution in [0.15, 0.2) is 12.2 Å². The van der Waals surface area contributed by atoms with Crippen molar-refractivity contribution in [3.05, 3.63) is 12.2 Å². The molecule has 8 heavy (non-hydrogen) atoms. The molecule has 0 amide bonds. The number of aliphatic hydroxyl groups excluding tert-OH is 1. The van der Waals surface area contributed by atoms with E-state index >= 15 is 0 Å². The van der Waals surface area contributed by atoms with Crippen LogP contribution in [0, 0.1) is 5.92 Å². The van der Waals surface area contributed by atoms with Gasteiger partial charge in [0.05, 0.1) is 6.10 Å². The van der Waals surface area contributed by atoms with Crippen LogP contribution in [-0.2, 0) is 0 Å². The molecule has 46 valence electrons. The highest BCUT2D eigenvalue weighted by Crippen LogP contribution is 2.34. The summed E-state index contributed by atoms with van der Waals surface area (Å²) in [5.41, 5.74) is 1.03. The minimum absolute atomic E-state index is 0.181. The number of hydrogen-bond donors (Lipinski definition) is 1. The fourth-order valence-electron chi connectivity index (χ4n) is 1.11. The third-order valence-corrected chi connectivity index (χ3v) is 1.95. The van der Waals surface area contributed by atoms with Gasteiger partial charge < -0.3 is 5.11 Å². The molecule has 1 fully saturated rings. The van der Waals surface area contributed by atoms with Crippen LogP contribution in [0.3, 0.4) is 0 Å². The van der Waals surface area contributed by atoms with Gasteiger partial charge in [-0.05, 0) is 24.3 Å². The molecular weight excluding hydrogens is 100 g/mol. The van der Waals surface area contributed by atoms with E-state index in [1.54, 1.807) is 0 Å². The fourth-order valence-corrected chi connectivity index (χ4v) is 1.11. The second-order valence-electron chi connectivity index (χ2n) is 2.43. The highest BCUT2D eigenvalue weighted by molar-refractivity contribution is 5.16. The van der Waals surface area contributed by atoms with Gasteiger partial charge in [-0.25, -0.2) is 0 Å². The Morgan fingerprint density at radius 2 is 2.50 bits per heavy atom. The lowest BCUT2D eigenvalue weighted by atomic mass is 9.76. The first kappa shape index (κ1) is 5.83. The molecule has 1 nitrogen and oxygen atoms in total. The first-order valence-corrected chi connectivity index (χ1v) is 3.12. The fraction of sp³-hybridized carbons (Fsp3) is 0.714. The molecule has 0 spiro atoms. The molecule has 1 aliphatic carbocycles. The maximum atomic E-state index is 8.92. The molecule has 1 rings (SSSR count). The molecule has 0 unspecified atom stereocenters. The van der Waals surface area contributed by atoms with Gasteiger partial charge in [0.25, 0.3) is 0 Å². The Morgan fingerprint density at radius 3 is 2.62 bits per heavy atom. The SMILES string of the molecule is C=C1[C@H](CC)C[C@H]1O. The normalized spacial score (nSPS) is 37.0. The summed E-state index contributed by atoms with van der Waals surface area (Å²) in [6, 6.07) is 0. The van der Waals surface area contributed by atoms with Gasteiger partial charge in [-0.3, -0.25) is 0 Å². The van der Waals surface area contributed by atoms with Crippen molar-refractivity contribution in [3.8, 4) is 0 Å². The minimum atomic E-state index is -0.181. The predicted octanol–water partition coefficient (Wildman–Crippen LogP) is 1.33. The van der Waals surface area contributed by atoms with Gasteiger partial charge in [-0.1, -0.05) is 13.5 Å². The third kappa shape index (κ3) is 0.671. The highest BCUT2D eigenvalue weighted by atomic mass is 16.3. The lowest BCUT2D eigenvalue weighted by molar-refractivity contribution is 0.114. The number of rotatable bonds is 1. The summed E-state index contributed by atoms with van der Waals surface area (Å²) in [6.07, 6.45) is 1.89. The molecule has 0 saturated heterocycles. The van der Waals surface area contributed by atoms with Gasteiger partial charge in [0.2, 0.25) is 0 Å². The Morgan fingerprint density at radius 1 is 1.88 bits per heavy atom. The van der Waals surface area contributed by atoms with E-state index in [0.717, 1.165) is 18.4 Å². The van der Waals surface area contributed by atoms with Gasteiger partial charge in [0, 0.05) is 0 Å². The van der Waals surface area contributed by atoms with E-state index in [9.17, 15) is 0 Å². The van der Waals surface area contributed by atoms with Crippen molar-refractivity contribution in [1.82, 2.24) is 0 Å². The van der Waals surface area contributed by atoms with Crippen LogP contribution >= 0.6 is 0 Å². The zero-order chi connectivity index (χ0) is 6.15. The Bertz CT molecular complexity index is 107. The van der Waals surface area contributed by atoms with Crippen molar-refractivity contribution >= 4 is 0 Å². The summed E-state index contributed by atoms with van der Waals surface area (Å²) in [7, 11) is 0. The monoisotopic (exact) mass is 112 g/mol. The van der Waals surface area contributed by atoms with Crippen molar-refractivity contribution in [2.75, 3.05) is 0 Å². The lowest BCUT2D eigenvalue weighted by Crippen LogP contribution is -2.30. The average Bonchev–Trinajstić information content (AvgIpc) is 1.81. The molecule has 0 aromatic rings. The Hall–Kier alpha value is -0.300. The summed E-state index contributed by atoms with van der Waals surface area (Å²) in [6.45, 7) is 5.87. The topological polar surface area (TPSA) is 20.2 Å². The van der Waals surface area contributed by atoms with E-state index in [-0.39, 0.29) is 6.10 Å². The third-order valence-electron chi connectivity index (χ3n) is 1.95. The van der Waals surface area contributed by atoms with Crippen molar-refractivity contribution in [3.63, 3.8) is 0 Å². The Labute approximate surface area is 50.0 Å². The van der Waals surface area contributed by atoms with Gasteiger partial charge in [0.15, 0.2) is 0 Å². The van der Waals surface area contributed by atoms with Crippen LogP contribution in [0.4, 0.5) is 0 Å². The largest absolute Gasteiger partial charge is 0.389 e. The molecule has 1 heteroatoms. The molecular formula is C7H12O. The number of aliphatic hydroxyl groups is 1. The zero-order valence-corrected chi connectivity index (χ0v) is 5.22. The van der Waals surface area contributed by atoms with Crippen LogP contribution in [-0.4, -0.2) is 11.2 Å². The first-order valence-electron chi connectivity index (χ1n) is 3.12. The average molecular weight is 112 g/mol. The van der Waals surface area contributed by atoms with E-state index in [1.165, 1.54) is 0 Å².